The van der Waals surface area contributed by atoms with Crippen LogP contribution in [-0.2, 0) is 14.3 Å². The molecule has 0 radical (unpaired) electrons. The van der Waals surface area contributed by atoms with Crippen LogP contribution >= 0.6 is 0 Å². The van der Waals surface area contributed by atoms with E-state index in [2.05, 4.69) is 15.5 Å². The van der Waals surface area contributed by atoms with Gasteiger partial charge in [-0.3, -0.25) is 9.59 Å². The van der Waals surface area contributed by atoms with Crippen LogP contribution in [0, 0.1) is 0 Å². The number of nitrogens with zero attached hydrogens (tertiary/aromatic N) is 4. The van der Waals surface area contributed by atoms with E-state index in [1.165, 1.54) is 0 Å². The predicted molar refractivity (Wildman–Crippen MR) is 119 cm³/mol. The van der Waals surface area contributed by atoms with Crippen LogP contribution in [0.25, 0.3) is 0 Å². The minimum absolute atomic E-state index is 0.102. The lowest BCUT2D eigenvalue weighted by atomic mass is 10.0. The van der Waals surface area contributed by atoms with Crippen molar-refractivity contribution < 1.29 is 41.2 Å². The zero-order chi connectivity index (χ0) is 27.2. The van der Waals surface area contributed by atoms with Gasteiger partial charge in [-0.15, -0.1) is 0 Å². The molecule has 0 bridgehead atoms. The largest absolute Gasteiger partial charge is 0.444 e. The SMILES string of the molecule is CC(C)(C)OC(=O)N[C@@H](CC(=O)N1CC(F)(F)C[C@H]1c1nc(C2CC2)no1)CN1CC(F)(F)CCC1=O. The molecule has 3 aliphatic rings. The van der Waals surface area contributed by atoms with Gasteiger partial charge in [0, 0.05) is 38.1 Å². The zero-order valence-electron chi connectivity index (χ0n) is 20.9. The summed E-state index contributed by atoms with van der Waals surface area (Å²) in [6.07, 6.45) is -1.43. The third-order valence-corrected chi connectivity index (χ3v) is 6.34. The Morgan fingerprint density at radius 1 is 1.19 bits per heavy atom. The molecule has 2 atom stereocenters. The molecule has 2 saturated heterocycles. The Kier molecular flexibility index (Phi) is 7.14. The van der Waals surface area contributed by atoms with E-state index in [1.807, 2.05) is 0 Å². The van der Waals surface area contributed by atoms with Crippen LogP contribution in [0.1, 0.15) is 83.0 Å². The summed E-state index contributed by atoms with van der Waals surface area (Å²) < 4.78 is 67.1. The number of ether oxygens (including phenoxy) is 1. The number of nitrogens with one attached hydrogen (secondary N) is 1. The van der Waals surface area contributed by atoms with Gasteiger partial charge in [-0.05, 0) is 33.6 Å². The molecule has 4 rings (SSSR count). The molecule has 1 saturated carbocycles. The number of piperidine rings is 1. The second-order valence-electron chi connectivity index (χ2n) is 11.0. The molecule has 206 valence electrons. The Morgan fingerprint density at radius 2 is 1.89 bits per heavy atom. The summed E-state index contributed by atoms with van der Waals surface area (Å²) in [4.78, 5) is 43.9. The Balaban J connectivity index is 1.51. The van der Waals surface area contributed by atoms with Crippen LogP contribution < -0.4 is 5.32 Å². The van der Waals surface area contributed by atoms with Crippen molar-refractivity contribution >= 4 is 17.9 Å². The summed E-state index contributed by atoms with van der Waals surface area (Å²) in [5.74, 6) is -7.25. The summed E-state index contributed by atoms with van der Waals surface area (Å²) in [6.45, 7) is 2.64. The molecule has 0 aromatic carbocycles. The molecule has 1 aromatic heterocycles. The van der Waals surface area contributed by atoms with E-state index in [1.54, 1.807) is 20.8 Å². The molecule has 10 nitrogen and oxygen atoms in total. The minimum atomic E-state index is -3.21. The van der Waals surface area contributed by atoms with Crippen LogP contribution in [0.15, 0.2) is 4.52 Å². The highest BCUT2D eigenvalue weighted by atomic mass is 19.3. The van der Waals surface area contributed by atoms with Crippen LogP contribution in [0.3, 0.4) is 0 Å². The minimum Gasteiger partial charge on any atom is -0.444 e. The van der Waals surface area contributed by atoms with Crippen molar-refractivity contribution in [3.8, 4) is 0 Å². The zero-order valence-corrected chi connectivity index (χ0v) is 20.9. The van der Waals surface area contributed by atoms with Crippen molar-refractivity contribution in [3.63, 3.8) is 0 Å². The number of carbonyl (C=O) groups excluding carboxylic acids is 3. The number of hydrogen-bond donors (Lipinski definition) is 1. The quantitative estimate of drug-likeness (QED) is 0.534. The monoisotopic (exact) mass is 533 g/mol. The molecule has 2 aliphatic heterocycles. The molecule has 0 unspecified atom stereocenters. The summed E-state index contributed by atoms with van der Waals surface area (Å²) >= 11 is 0. The summed E-state index contributed by atoms with van der Waals surface area (Å²) in [5.41, 5.74) is -0.897. The second-order valence-corrected chi connectivity index (χ2v) is 11.0. The maximum Gasteiger partial charge on any atom is 0.407 e. The van der Waals surface area contributed by atoms with E-state index in [0.717, 1.165) is 22.6 Å². The van der Waals surface area contributed by atoms with Crippen molar-refractivity contribution in [1.29, 1.82) is 0 Å². The molecule has 1 aliphatic carbocycles. The van der Waals surface area contributed by atoms with Gasteiger partial charge in [-0.2, -0.15) is 4.98 Å². The van der Waals surface area contributed by atoms with Gasteiger partial charge in [0.15, 0.2) is 5.82 Å². The fraction of sp³-hybridized carbons (Fsp3) is 0.783. The number of alkyl halides is 4. The van der Waals surface area contributed by atoms with Crippen LogP contribution in [-0.4, -0.2) is 81.0 Å². The normalized spacial score (nSPS) is 24.2. The number of hydrogen-bond acceptors (Lipinski definition) is 7. The smallest absolute Gasteiger partial charge is 0.407 e. The molecular weight excluding hydrogens is 502 g/mol. The summed E-state index contributed by atoms with van der Waals surface area (Å²) in [6, 6.07) is -2.34. The first-order valence-corrected chi connectivity index (χ1v) is 12.3. The first kappa shape index (κ1) is 27.1. The molecule has 1 aromatic rings. The summed E-state index contributed by atoms with van der Waals surface area (Å²) in [7, 11) is 0. The Labute approximate surface area is 211 Å². The van der Waals surface area contributed by atoms with Gasteiger partial charge in [-0.25, -0.2) is 22.4 Å². The first-order valence-electron chi connectivity index (χ1n) is 12.3. The Hall–Kier alpha value is -2.93. The number of likely N-dealkylation sites (tertiary alicyclic amines) is 2. The molecule has 0 spiro atoms. The van der Waals surface area contributed by atoms with E-state index in [0.29, 0.717) is 5.82 Å². The lowest BCUT2D eigenvalue weighted by Crippen LogP contribution is -2.53. The topological polar surface area (TPSA) is 118 Å². The fourth-order valence-electron chi connectivity index (χ4n) is 4.48. The van der Waals surface area contributed by atoms with Crippen molar-refractivity contribution in [3.05, 3.63) is 11.7 Å². The number of carbonyl (C=O) groups is 3. The van der Waals surface area contributed by atoms with Crippen molar-refractivity contribution in [1.82, 2.24) is 25.3 Å². The number of halogens is 4. The third-order valence-electron chi connectivity index (χ3n) is 6.34. The van der Waals surface area contributed by atoms with Gasteiger partial charge in [0.2, 0.25) is 17.7 Å². The number of aromatic nitrogens is 2. The third kappa shape index (κ3) is 7.10. The van der Waals surface area contributed by atoms with Gasteiger partial charge in [0.1, 0.15) is 11.6 Å². The predicted octanol–water partition coefficient (Wildman–Crippen LogP) is 3.40. The Bertz CT molecular complexity index is 1040. The molecule has 3 fully saturated rings. The van der Waals surface area contributed by atoms with E-state index < -0.39 is 86.3 Å². The molecule has 3 amide bonds. The van der Waals surface area contributed by atoms with Gasteiger partial charge in [0.25, 0.3) is 11.8 Å². The standard InChI is InChI=1S/C23H31F4N5O5/c1-21(2,3)36-20(35)28-14(10-31-11-22(24,25)7-6-16(31)33)8-17(34)32-12-23(26,27)9-15(32)19-29-18(30-37-19)13-4-5-13/h13-15H,4-12H2,1-3H3,(H,28,35)/t14-,15-/m0/s1. The van der Waals surface area contributed by atoms with Crippen molar-refractivity contribution in [2.75, 3.05) is 19.6 Å². The van der Waals surface area contributed by atoms with Crippen molar-refractivity contribution in [2.24, 2.45) is 0 Å². The first-order chi connectivity index (χ1) is 17.1. The average Bonchev–Trinajstić information content (AvgIpc) is 3.38. The van der Waals surface area contributed by atoms with Gasteiger partial charge < -0.3 is 24.4 Å². The van der Waals surface area contributed by atoms with Crippen molar-refractivity contribution in [2.45, 2.75) is 94.7 Å². The van der Waals surface area contributed by atoms with Gasteiger partial charge in [0.05, 0.1) is 19.1 Å². The van der Waals surface area contributed by atoms with Crippen LogP contribution in [0.4, 0.5) is 22.4 Å². The lowest BCUT2D eigenvalue weighted by Gasteiger charge is -2.35. The lowest BCUT2D eigenvalue weighted by molar-refractivity contribution is -0.148. The maximum atomic E-state index is 14.4. The maximum absolute atomic E-state index is 14.4. The number of rotatable bonds is 7. The summed E-state index contributed by atoms with van der Waals surface area (Å²) in [5, 5.41) is 6.28. The van der Waals surface area contributed by atoms with E-state index in [4.69, 9.17) is 9.26 Å². The highest BCUT2D eigenvalue weighted by Gasteiger charge is 2.50. The van der Waals surface area contributed by atoms with Crippen LogP contribution in [0.2, 0.25) is 0 Å². The Morgan fingerprint density at radius 3 is 2.54 bits per heavy atom. The van der Waals surface area contributed by atoms with Gasteiger partial charge in [-0.1, -0.05) is 5.16 Å². The van der Waals surface area contributed by atoms with E-state index >= 15 is 0 Å². The number of amides is 3. The van der Waals surface area contributed by atoms with E-state index in [-0.39, 0.29) is 18.2 Å². The molecule has 1 N–H and O–H groups in total. The second kappa shape index (κ2) is 9.75. The molecule has 3 heterocycles. The highest BCUT2D eigenvalue weighted by Crippen LogP contribution is 2.43. The van der Waals surface area contributed by atoms with Gasteiger partial charge >= 0.3 is 6.09 Å². The van der Waals surface area contributed by atoms with E-state index in [9.17, 15) is 31.9 Å². The highest BCUT2D eigenvalue weighted by molar-refractivity contribution is 5.80. The molecule has 14 heteroatoms. The molecular formula is C23H31F4N5O5. The fourth-order valence-corrected chi connectivity index (χ4v) is 4.48. The number of alkyl carbamates (subject to hydrolysis) is 1. The average molecular weight is 534 g/mol. The molecule has 37 heavy (non-hydrogen) atoms. The van der Waals surface area contributed by atoms with Crippen LogP contribution in [0.5, 0.6) is 0 Å².